The van der Waals surface area contributed by atoms with Crippen molar-refractivity contribution >= 4 is 27.5 Å². The molecule has 0 spiro atoms. The van der Waals surface area contributed by atoms with Crippen molar-refractivity contribution in [2.45, 2.75) is 24.3 Å². The number of anilines is 1. The van der Waals surface area contributed by atoms with Crippen molar-refractivity contribution in [1.29, 1.82) is 0 Å². The molecule has 0 aliphatic carbocycles. The molecule has 0 bridgehead atoms. The van der Waals surface area contributed by atoms with Crippen LogP contribution in [0.25, 0.3) is 0 Å². The number of nitrogens with one attached hydrogen (secondary N) is 2. The van der Waals surface area contributed by atoms with E-state index in [9.17, 15) is 18.0 Å². The zero-order valence-electron chi connectivity index (χ0n) is 17.3. The quantitative estimate of drug-likeness (QED) is 0.571. The highest BCUT2D eigenvalue weighted by molar-refractivity contribution is 7.89. The van der Waals surface area contributed by atoms with Crippen LogP contribution in [0, 0.1) is 0 Å². The smallest absolute Gasteiger partial charge is 0.255 e. The molecular formula is C23H23N3O5S. The number of para-hydroxylation sites is 1. The molecule has 2 heterocycles. The Kier molecular flexibility index (Phi) is 6.38. The predicted octanol–water partition coefficient (Wildman–Crippen LogP) is 3.25. The van der Waals surface area contributed by atoms with E-state index in [4.69, 9.17) is 4.42 Å². The minimum atomic E-state index is -3.64. The Labute approximate surface area is 186 Å². The number of furan rings is 1. The second-order valence-corrected chi connectivity index (χ2v) is 9.34. The van der Waals surface area contributed by atoms with E-state index >= 15 is 0 Å². The Morgan fingerprint density at radius 1 is 0.938 bits per heavy atom. The molecule has 2 N–H and O–H groups in total. The normalized spacial score (nSPS) is 14.2. The topological polar surface area (TPSA) is 109 Å². The fourth-order valence-corrected chi connectivity index (χ4v) is 5.10. The average molecular weight is 454 g/mol. The maximum atomic E-state index is 12.9. The average Bonchev–Trinajstić information content (AvgIpc) is 3.52. The molecule has 1 fully saturated rings. The van der Waals surface area contributed by atoms with E-state index in [0.717, 1.165) is 12.8 Å². The minimum absolute atomic E-state index is 0.0801. The molecule has 166 valence electrons. The van der Waals surface area contributed by atoms with Gasteiger partial charge >= 0.3 is 0 Å². The Balaban J connectivity index is 1.50. The SMILES string of the molecule is O=C(Nc1ccccc1C(=O)NCc1ccco1)c1cccc(S(=O)(=O)N2CCCC2)c1. The van der Waals surface area contributed by atoms with E-state index in [1.54, 1.807) is 42.5 Å². The van der Waals surface area contributed by atoms with E-state index < -0.39 is 15.9 Å². The van der Waals surface area contributed by atoms with Crippen molar-refractivity contribution in [2.24, 2.45) is 0 Å². The summed E-state index contributed by atoms with van der Waals surface area (Å²) in [6.45, 7) is 1.18. The number of nitrogens with zero attached hydrogens (tertiary/aromatic N) is 1. The third-order valence-electron chi connectivity index (χ3n) is 5.22. The van der Waals surface area contributed by atoms with Crippen LogP contribution >= 0.6 is 0 Å². The number of hydrogen-bond donors (Lipinski definition) is 2. The maximum Gasteiger partial charge on any atom is 0.255 e. The van der Waals surface area contributed by atoms with Gasteiger partial charge in [-0.25, -0.2) is 8.42 Å². The summed E-state index contributed by atoms with van der Waals surface area (Å²) in [7, 11) is -3.64. The van der Waals surface area contributed by atoms with Crippen LogP contribution in [0.2, 0.25) is 0 Å². The van der Waals surface area contributed by atoms with Gasteiger partial charge in [0.15, 0.2) is 0 Å². The summed E-state index contributed by atoms with van der Waals surface area (Å²) < 4.78 is 32.3. The molecule has 1 aliphatic rings. The van der Waals surface area contributed by atoms with Gasteiger partial charge in [0.2, 0.25) is 10.0 Å². The molecule has 2 amide bonds. The summed E-state index contributed by atoms with van der Waals surface area (Å²) in [6, 6.07) is 16.0. The monoisotopic (exact) mass is 453 g/mol. The van der Waals surface area contributed by atoms with Crippen LogP contribution < -0.4 is 10.6 Å². The number of amides is 2. The molecule has 1 saturated heterocycles. The van der Waals surface area contributed by atoms with Crippen LogP contribution in [0.5, 0.6) is 0 Å². The molecule has 8 nitrogen and oxygen atoms in total. The predicted molar refractivity (Wildman–Crippen MR) is 119 cm³/mol. The Bertz CT molecular complexity index is 1220. The number of carbonyl (C=O) groups excluding carboxylic acids is 2. The highest BCUT2D eigenvalue weighted by Crippen LogP contribution is 2.22. The van der Waals surface area contributed by atoms with Crippen LogP contribution in [0.4, 0.5) is 5.69 Å². The molecule has 0 unspecified atom stereocenters. The minimum Gasteiger partial charge on any atom is -0.467 e. The zero-order chi connectivity index (χ0) is 22.6. The van der Waals surface area contributed by atoms with Gasteiger partial charge in [0.1, 0.15) is 5.76 Å². The molecule has 2 aromatic carbocycles. The lowest BCUT2D eigenvalue weighted by atomic mass is 10.1. The van der Waals surface area contributed by atoms with Crippen LogP contribution in [0.3, 0.4) is 0 Å². The number of rotatable bonds is 7. The first kappa shape index (κ1) is 21.8. The third-order valence-corrected chi connectivity index (χ3v) is 7.12. The third kappa shape index (κ3) is 4.74. The lowest BCUT2D eigenvalue weighted by Gasteiger charge is -2.16. The summed E-state index contributed by atoms with van der Waals surface area (Å²) in [5.74, 6) is -0.270. The van der Waals surface area contributed by atoms with Crippen molar-refractivity contribution in [3.8, 4) is 0 Å². The van der Waals surface area contributed by atoms with Crippen molar-refractivity contribution in [1.82, 2.24) is 9.62 Å². The van der Waals surface area contributed by atoms with Crippen molar-refractivity contribution < 1.29 is 22.4 Å². The van der Waals surface area contributed by atoms with Gasteiger partial charge < -0.3 is 15.1 Å². The van der Waals surface area contributed by atoms with Crippen LogP contribution in [-0.2, 0) is 16.6 Å². The number of carbonyl (C=O) groups is 2. The van der Waals surface area contributed by atoms with Gasteiger partial charge in [-0.1, -0.05) is 18.2 Å². The van der Waals surface area contributed by atoms with E-state index in [1.807, 2.05) is 0 Å². The van der Waals surface area contributed by atoms with Crippen LogP contribution in [-0.4, -0.2) is 37.6 Å². The zero-order valence-corrected chi connectivity index (χ0v) is 18.1. The molecule has 1 aromatic heterocycles. The fourth-order valence-electron chi connectivity index (χ4n) is 3.54. The van der Waals surface area contributed by atoms with Crippen molar-refractivity contribution in [3.63, 3.8) is 0 Å². The van der Waals surface area contributed by atoms with Crippen molar-refractivity contribution in [2.75, 3.05) is 18.4 Å². The lowest BCUT2D eigenvalue weighted by molar-refractivity contribution is 0.0949. The highest BCUT2D eigenvalue weighted by Gasteiger charge is 2.27. The van der Waals surface area contributed by atoms with E-state index in [-0.39, 0.29) is 28.5 Å². The van der Waals surface area contributed by atoms with Gasteiger partial charge in [-0.3, -0.25) is 9.59 Å². The standard InChI is InChI=1S/C23H23N3O5S/c27-22(17-7-5-9-19(15-17)32(29,30)26-12-3-4-13-26)25-21-11-2-1-10-20(21)23(28)24-16-18-8-6-14-31-18/h1-2,5-11,14-15H,3-4,12-13,16H2,(H,24,28)(H,25,27). The lowest BCUT2D eigenvalue weighted by Crippen LogP contribution is -2.28. The molecule has 32 heavy (non-hydrogen) atoms. The summed E-state index contributed by atoms with van der Waals surface area (Å²) in [6.07, 6.45) is 3.18. The molecule has 0 atom stereocenters. The summed E-state index contributed by atoms with van der Waals surface area (Å²) in [4.78, 5) is 25.6. The van der Waals surface area contributed by atoms with E-state index in [2.05, 4.69) is 10.6 Å². The van der Waals surface area contributed by atoms with E-state index in [0.29, 0.717) is 24.5 Å². The maximum absolute atomic E-state index is 12.9. The van der Waals surface area contributed by atoms with Crippen molar-refractivity contribution in [3.05, 3.63) is 83.8 Å². The number of sulfonamides is 1. The van der Waals surface area contributed by atoms with Gasteiger partial charge in [0, 0.05) is 18.7 Å². The molecule has 0 radical (unpaired) electrons. The van der Waals surface area contributed by atoms with Crippen LogP contribution in [0.15, 0.2) is 76.2 Å². The Morgan fingerprint density at radius 2 is 1.72 bits per heavy atom. The number of hydrogen-bond acceptors (Lipinski definition) is 5. The van der Waals surface area contributed by atoms with Gasteiger partial charge in [0.25, 0.3) is 11.8 Å². The van der Waals surface area contributed by atoms with Gasteiger partial charge in [-0.15, -0.1) is 0 Å². The second kappa shape index (κ2) is 9.37. The Hall–Kier alpha value is -3.43. The highest BCUT2D eigenvalue weighted by atomic mass is 32.2. The molecule has 3 aromatic rings. The van der Waals surface area contributed by atoms with Gasteiger partial charge in [0.05, 0.1) is 29.0 Å². The van der Waals surface area contributed by atoms with Crippen LogP contribution in [0.1, 0.15) is 39.3 Å². The Morgan fingerprint density at radius 3 is 2.47 bits per heavy atom. The largest absolute Gasteiger partial charge is 0.467 e. The first-order valence-corrected chi connectivity index (χ1v) is 11.7. The molecule has 4 rings (SSSR count). The summed E-state index contributed by atoms with van der Waals surface area (Å²) in [5.41, 5.74) is 0.798. The molecule has 1 aliphatic heterocycles. The molecular weight excluding hydrogens is 430 g/mol. The second-order valence-electron chi connectivity index (χ2n) is 7.40. The first-order chi connectivity index (χ1) is 15.4. The first-order valence-electron chi connectivity index (χ1n) is 10.3. The fraction of sp³-hybridized carbons (Fsp3) is 0.217. The summed E-state index contributed by atoms with van der Waals surface area (Å²) in [5, 5.41) is 5.46. The van der Waals surface area contributed by atoms with Gasteiger partial charge in [-0.2, -0.15) is 4.31 Å². The number of benzene rings is 2. The van der Waals surface area contributed by atoms with Gasteiger partial charge in [-0.05, 0) is 55.3 Å². The molecule has 9 heteroatoms. The van der Waals surface area contributed by atoms with E-state index in [1.165, 1.54) is 28.8 Å². The molecule has 0 saturated carbocycles. The summed E-state index contributed by atoms with van der Waals surface area (Å²) >= 11 is 0.